The molecule has 0 saturated carbocycles. The molecule has 0 amide bonds. The van der Waals surface area contributed by atoms with Crippen molar-refractivity contribution in [2.24, 2.45) is 7.05 Å². The van der Waals surface area contributed by atoms with Crippen LogP contribution in [0.2, 0.25) is 5.02 Å². The Hall–Kier alpha value is -1.80. The Bertz CT molecular complexity index is 757. The third-order valence-corrected chi connectivity index (χ3v) is 4.32. The molecule has 21 heavy (non-hydrogen) atoms. The van der Waals surface area contributed by atoms with Gasteiger partial charge in [-0.1, -0.05) is 11.6 Å². The second-order valence-electron chi connectivity index (χ2n) is 4.43. The zero-order valence-electron chi connectivity index (χ0n) is 11.9. The standard InChI is InChI=1S/C12H16ClN5O2S/c1-4-14-12-10(13)6-9(7-15-12)21(19,20)17-11-5-8(2)16-18(11)3/h5-7,17H,4H2,1-3H3,(H,14,15). The van der Waals surface area contributed by atoms with E-state index in [0.717, 1.165) is 0 Å². The van der Waals surface area contributed by atoms with Gasteiger partial charge in [0.25, 0.3) is 10.0 Å². The summed E-state index contributed by atoms with van der Waals surface area (Å²) in [5.41, 5.74) is 0.717. The minimum absolute atomic E-state index is 0.00648. The maximum atomic E-state index is 12.3. The predicted molar refractivity (Wildman–Crippen MR) is 82.2 cm³/mol. The summed E-state index contributed by atoms with van der Waals surface area (Å²) in [7, 11) is -2.11. The summed E-state index contributed by atoms with van der Waals surface area (Å²) in [6.45, 7) is 4.32. The van der Waals surface area contributed by atoms with Crippen molar-refractivity contribution in [2.75, 3.05) is 16.6 Å². The fourth-order valence-corrected chi connectivity index (χ4v) is 3.11. The molecule has 0 unspecified atom stereocenters. The molecule has 2 rings (SSSR count). The molecule has 2 aromatic heterocycles. The lowest BCUT2D eigenvalue weighted by molar-refractivity contribution is 0.600. The fraction of sp³-hybridized carbons (Fsp3) is 0.333. The van der Waals surface area contributed by atoms with Gasteiger partial charge in [-0.05, 0) is 19.9 Å². The number of aryl methyl sites for hydroxylation is 2. The molecule has 0 atom stereocenters. The second-order valence-corrected chi connectivity index (χ2v) is 6.52. The van der Waals surface area contributed by atoms with Crippen LogP contribution in [-0.2, 0) is 17.1 Å². The molecule has 2 heterocycles. The SMILES string of the molecule is CCNc1ncc(S(=O)(=O)Nc2cc(C)nn2C)cc1Cl. The van der Waals surface area contributed by atoms with E-state index >= 15 is 0 Å². The molecular formula is C12H16ClN5O2S. The number of anilines is 2. The molecule has 0 fully saturated rings. The topological polar surface area (TPSA) is 88.9 Å². The number of hydrogen-bond donors (Lipinski definition) is 2. The summed E-state index contributed by atoms with van der Waals surface area (Å²) in [6, 6.07) is 3.00. The Morgan fingerprint density at radius 1 is 1.38 bits per heavy atom. The molecule has 0 aliphatic rings. The van der Waals surface area contributed by atoms with E-state index in [9.17, 15) is 8.42 Å². The maximum Gasteiger partial charge on any atom is 0.264 e. The Kier molecular flexibility index (Phi) is 4.38. The third kappa shape index (κ3) is 3.45. The van der Waals surface area contributed by atoms with E-state index in [0.29, 0.717) is 23.9 Å². The van der Waals surface area contributed by atoms with Crippen molar-refractivity contribution in [1.29, 1.82) is 0 Å². The molecule has 0 spiro atoms. The van der Waals surface area contributed by atoms with E-state index in [-0.39, 0.29) is 9.92 Å². The highest BCUT2D eigenvalue weighted by atomic mass is 35.5. The normalized spacial score (nSPS) is 11.4. The Balaban J connectivity index is 2.31. The van der Waals surface area contributed by atoms with Gasteiger partial charge in [0.15, 0.2) is 0 Å². The van der Waals surface area contributed by atoms with Gasteiger partial charge < -0.3 is 5.32 Å². The van der Waals surface area contributed by atoms with Crippen LogP contribution in [0.5, 0.6) is 0 Å². The molecule has 7 nitrogen and oxygen atoms in total. The molecule has 0 radical (unpaired) electrons. The lowest BCUT2D eigenvalue weighted by atomic mass is 10.4. The zero-order chi connectivity index (χ0) is 15.6. The highest BCUT2D eigenvalue weighted by Gasteiger charge is 2.18. The summed E-state index contributed by atoms with van der Waals surface area (Å²) in [5, 5.41) is 7.28. The van der Waals surface area contributed by atoms with Gasteiger partial charge in [-0.25, -0.2) is 13.4 Å². The summed E-state index contributed by atoms with van der Waals surface area (Å²) in [4.78, 5) is 4.01. The fourth-order valence-electron chi connectivity index (χ4n) is 1.77. The third-order valence-electron chi connectivity index (χ3n) is 2.71. The number of rotatable bonds is 5. The van der Waals surface area contributed by atoms with Crippen LogP contribution in [0.4, 0.5) is 11.6 Å². The molecule has 114 valence electrons. The summed E-state index contributed by atoms with van der Waals surface area (Å²) in [5.74, 6) is 0.828. The average Bonchev–Trinajstić information content (AvgIpc) is 2.69. The molecule has 0 aromatic carbocycles. The zero-order valence-corrected chi connectivity index (χ0v) is 13.5. The molecule has 2 aromatic rings. The summed E-state index contributed by atoms with van der Waals surface area (Å²) < 4.78 is 28.5. The van der Waals surface area contributed by atoms with Gasteiger partial charge in [0.1, 0.15) is 16.5 Å². The molecule has 0 saturated heterocycles. The summed E-state index contributed by atoms with van der Waals surface area (Å²) >= 11 is 6.02. The molecule has 9 heteroatoms. The lowest BCUT2D eigenvalue weighted by Gasteiger charge is -2.10. The first-order chi connectivity index (χ1) is 9.83. The van der Waals surface area contributed by atoms with Crippen molar-refractivity contribution in [3.05, 3.63) is 29.0 Å². The van der Waals surface area contributed by atoms with Gasteiger partial charge in [-0.15, -0.1) is 0 Å². The van der Waals surface area contributed by atoms with Gasteiger partial charge in [0, 0.05) is 25.9 Å². The molecular weight excluding hydrogens is 314 g/mol. The van der Waals surface area contributed by atoms with Gasteiger partial charge in [0.2, 0.25) is 0 Å². The van der Waals surface area contributed by atoms with E-state index < -0.39 is 10.0 Å². The van der Waals surface area contributed by atoms with Gasteiger partial charge >= 0.3 is 0 Å². The van der Waals surface area contributed by atoms with Gasteiger partial charge in [-0.2, -0.15) is 5.10 Å². The van der Waals surface area contributed by atoms with Crippen LogP contribution in [0, 0.1) is 6.92 Å². The number of aromatic nitrogens is 3. The number of pyridine rings is 1. The quantitative estimate of drug-likeness (QED) is 0.876. The smallest absolute Gasteiger partial charge is 0.264 e. The van der Waals surface area contributed by atoms with E-state index in [2.05, 4.69) is 20.1 Å². The van der Waals surface area contributed by atoms with Crippen LogP contribution in [0.15, 0.2) is 23.2 Å². The van der Waals surface area contributed by atoms with Crippen LogP contribution in [0.25, 0.3) is 0 Å². The monoisotopic (exact) mass is 329 g/mol. The van der Waals surface area contributed by atoms with Gasteiger partial charge in [0.05, 0.1) is 10.7 Å². The molecule has 0 aliphatic carbocycles. The number of nitrogens with one attached hydrogen (secondary N) is 2. The molecule has 2 N–H and O–H groups in total. The average molecular weight is 330 g/mol. The molecule has 0 aliphatic heterocycles. The first-order valence-electron chi connectivity index (χ1n) is 6.26. The second kappa shape index (κ2) is 5.90. The number of halogens is 1. The van der Waals surface area contributed by atoms with Crippen molar-refractivity contribution < 1.29 is 8.42 Å². The first kappa shape index (κ1) is 15.6. The minimum Gasteiger partial charge on any atom is -0.369 e. The van der Waals surface area contributed by atoms with Crippen LogP contribution in [0.1, 0.15) is 12.6 Å². The molecule has 0 bridgehead atoms. The number of nitrogens with zero attached hydrogens (tertiary/aromatic N) is 3. The van der Waals surface area contributed by atoms with Crippen molar-refractivity contribution in [1.82, 2.24) is 14.8 Å². The predicted octanol–water partition coefficient (Wildman–Crippen LogP) is 2.01. The number of sulfonamides is 1. The summed E-state index contributed by atoms with van der Waals surface area (Å²) in [6.07, 6.45) is 1.26. The first-order valence-corrected chi connectivity index (χ1v) is 8.12. The Morgan fingerprint density at radius 3 is 2.62 bits per heavy atom. The van der Waals surface area contributed by atoms with Crippen LogP contribution < -0.4 is 10.0 Å². The maximum absolute atomic E-state index is 12.3. The van der Waals surface area contributed by atoms with E-state index in [1.165, 1.54) is 16.9 Å². The van der Waals surface area contributed by atoms with Crippen LogP contribution in [-0.4, -0.2) is 29.7 Å². The Morgan fingerprint density at radius 2 is 2.10 bits per heavy atom. The van der Waals surface area contributed by atoms with Gasteiger partial charge in [-0.3, -0.25) is 9.40 Å². The van der Waals surface area contributed by atoms with E-state index in [1.807, 2.05) is 6.92 Å². The van der Waals surface area contributed by atoms with Crippen molar-refractivity contribution in [3.63, 3.8) is 0 Å². The van der Waals surface area contributed by atoms with Crippen molar-refractivity contribution in [3.8, 4) is 0 Å². The van der Waals surface area contributed by atoms with Crippen LogP contribution in [0.3, 0.4) is 0 Å². The minimum atomic E-state index is -3.76. The van der Waals surface area contributed by atoms with Crippen molar-refractivity contribution >= 4 is 33.3 Å². The van der Waals surface area contributed by atoms with E-state index in [1.54, 1.807) is 20.0 Å². The number of hydrogen-bond acceptors (Lipinski definition) is 5. The van der Waals surface area contributed by atoms with Crippen LogP contribution >= 0.6 is 11.6 Å². The largest absolute Gasteiger partial charge is 0.369 e. The van der Waals surface area contributed by atoms with E-state index in [4.69, 9.17) is 11.6 Å². The lowest BCUT2D eigenvalue weighted by Crippen LogP contribution is -2.16. The highest BCUT2D eigenvalue weighted by Crippen LogP contribution is 2.23. The Labute approximate surface area is 128 Å². The van der Waals surface area contributed by atoms with Crippen molar-refractivity contribution in [2.45, 2.75) is 18.7 Å². The highest BCUT2D eigenvalue weighted by molar-refractivity contribution is 7.92.